The molecule has 32 heavy (non-hydrogen) atoms. The minimum Gasteiger partial charge on any atom is -0.493 e. The zero-order valence-corrected chi connectivity index (χ0v) is 18.7. The number of hydrogen-bond donors (Lipinski definition) is 1. The minimum atomic E-state index is -3.85. The molecule has 0 bridgehead atoms. The number of aromatic nitrogens is 2. The normalized spacial score (nSPS) is 12.1. The van der Waals surface area contributed by atoms with Crippen molar-refractivity contribution >= 4 is 31.9 Å². The molecule has 0 saturated heterocycles. The van der Waals surface area contributed by atoms with Gasteiger partial charge in [0.05, 0.1) is 29.6 Å². The van der Waals surface area contributed by atoms with Crippen LogP contribution in [-0.2, 0) is 9.84 Å². The van der Waals surface area contributed by atoms with Crippen molar-refractivity contribution in [3.05, 3.63) is 84.2 Å². The summed E-state index contributed by atoms with van der Waals surface area (Å²) >= 11 is 0. The van der Waals surface area contributed by atoms with Crippen LogP contribution in [0.4, 0.5) is 0 Å². The lowest BCUT2D eigenvalue weighted by molar-refractivity contribution is 0.294. The fraction of sp³-hybridized carbons (Fsp3) is 0.160. The van der Waals surface area contributed by atoms with Crippen LogP contribution in [0.25, 0.3) is 22.0 Å². The van der Waals surface area contributed by atoms with Crippen molar-refractivity contribution in [3.63, 3.8) is 0 Å². The molecule has 0 saturated carbocycles. The van der Waals surface area contributed by atoms with E-state index in [9.17, 15) is 8.42 Å². The van der Waals surface area contributed by atoms with Crippen LogP contribution in [0, 0.1) is 0 Å². The highest BCUT2D eigenvalue weighted by atomic mass is 32.2. The van der Waals surface area contributed by atoms with Crippen molar-refractivity contribution in [3.8, 4) is 11.5 Å². The van der Waals surface area contributed by atoms with E-state index in [1.54, 1.807) is 61.7 Å². The molecule has 6 nitrogen and oxygen atoms in total. The Hall–Kier alpha value is -3.58. The van der Waals surface area contributed by atoms with E-state index in [-0.39, 0.29) is 15.6 Å². The Bertz CT molecular complexity index is 1330. The van der Waals surface area contributed by atoms with Gasteiger partial charge in [-0.3, -0.25) is 0 Å². The second-order valence-corrected chi connectivity index (χ2v) is 9.10. The van der Waals surface area contributed by atoms with Gasteiger partial charge in [0.15, 0.2) is 11.5 Å². The minimum absolute atomic E-state index is 0.0755. The molecule has 4 rings (SSSR count). The number of rotatable bonds is 8. The van der Waals surface area contributed by atoms with Gasteiger partial charge in [0, 0.05) is 0 Å². The smallest absolute Gasteiger partial charge is 0.210 e. The van der Waals surface area contributed by atoms with E-state index < -0.39 is 9.84 Å². The van der Waals surface area contributed by atoms with Crippen LogP contribution in [0.2, 0.25) is 0 Å². The van der Waals surface area contributed by atoms with Crippen LogP contribution in [0.3, 0.4) is 0 Å². The van der Waals surface area contributed by atoms with E-state index in [2.05, 4.69) is 9.97 Å². The molecule has 1 heterocycles. The summed E-state index contributed by atoms with van der Waals surface area (Å²) in [4.78, 5) is 7.97. The fourth-order valence-corrected chi connectivity index (χ4v) is 4.74. The number of fused-ring (bicyclic) bond motifs is 1. The number of ether oxygens (including phenoxy) is 2. The first-order valence-electron chi connectivity index (χ1n) is 10.3. The van der Waals surface area contributed by atoms with E-state index >= 15 is 0 Å². The predicted octanol–water partition coefficient (Wildman–Crippen LogP) is 5.33. The molecule has 0 radical (unpaired) electrons. The van der Waals surface area contributed by atoms with Gasteiger partial charge in [-0.2, -0.15) is 0 Å². The summed E-state index contributed by atoms with van der Waals surface area (Å²) in [7, 11) is -2.28. The zero-order chi connectivity index (χ0) is 22.6. The van der Waals surface area contributed by atoms with Crippen molar-refractivity contribution in [2.45, 2.75) is 18.2 Å². The zero-order valence-electron chi connectivity index (χ0n) is 17.9. The molecular formula is C25H24N2O4S. The van der Waals surface area contributed by atoms with Gasteiger partial charge in [-0.25, -0.2) is 13.4 Å². The van der Waals surface area contributed by atoms with Crippen molar-refractivity contribution in [2.24, 2.45) is 0 Å². The van der Waals surface area contributed by atoms with Gasteiger partial charge in [0.2, 0.25) is 9.84 Å². The molecule has 0 amide bonds. The first-order valence-corrected chi connectivity index (χ1v) is 11.8. The second-order valence-electron chi connectivity index (χ2n) is 7.19. The number of benzene rings is 3. The molecule has 1 aromatic heterocycles. The van der Waals surface area contributed by atoms with Gasteiger partial charge < -0.3 is 14.5 Å². The molecule has 7 heteroatoms. The van der Waals surface area contributed by atoms with Crippen molar-refractivity contribution in [1.29, 1.82) is 0 Å². The van der Waals surface area contributed by atoms with Crippen molar-refractivity contribution in [2.75, 3.05) is 13.7 Å². The molecule has 3 aromatic carbocycles. The highest BCUT2D eigenvalue weighted by Crippen LogP contribution is 2.33. The third-order valence-electron chi connectivity index (χ3n) is 4.91. The number of nitrogens with one attached hydrogen (secondary N) is 1. The molecule has 0 aliphatic carbocycles. The van der Waals surface area contributed by atoms with Crippen LogP contribution in [0.15, 0.2) is 77.7 Å². The van der Waals surface area contributed by atoms with Gasteiger partial charge in [0.1, 0.15) is 10.7 Å². The largest absolute Gasteiger partial charge is 0.493 e. The first-order chi connectivity index (χ1) is 15.5. The standard InChI is InChI=1S/C25H24N2O4S/c1-3-15-31-23-16-18(13-14-22(23)30-2)17-24(32(28,29)19-9-5-4-6-10-19)25-26-20-11-7-8-12-21(20)27-25/h4-14,16-17H,3,15H2,1-2H3,(H,26,27). The molecule has 4 aromatic rings. The highest BCUT2D eigenvalue weighted by Gasteiger charge is 2.25. The van der Waals surface area contributed by atoms with E-state index in [1.807, 2.05) is 31.2 Å². The molecule has 0 spiro atoms. The van der Waals surface area contributed by atoms with Gasteiger partial charge in [0.25, 0.3) is 0 Å². The summed E-state index contributed by atoms with van der Waals surface area (Å²) in [5.74, 6) is 1.43. The van der Waals surface area contributed by atoms with Gasteiger partial charge in [-0.15, -0.1) is 0 Å². The maximum Gasteiger partial charge on any atom is 0.210 e. The number of nitrogens with zero attached hydrogens (tertiary/aromatic N) is 1. The maximum absolute atomic E-state index is 13.6. The second kappa shape index (κ2) is 9.28. The van der Waals surface area contributed by atoms with Gasteiger partial charge >= 0.3 is 0 Å². The molecule has 0 fully saturated rings. The lowest BCUT2D eigenvalue weighted by Crippen LogP contribution is -2.06. The number of methoxy groups -OCH3 is 1. The van der Waals surface area contributed by atoms with E-state index in [0.717, 1.165) is 11.9 Å². The number of imidazole rings is 1. The van der Waals surface area contributed by atoms with Crippen LogP contribution >= 0.6 is 0 Å². The third kappa shape index (κ3) is 4.38. The summed E-state index contributed by atoms with van der Waals surface area (Å²) in [6, 6.07) is 21.1. The SMILES string of the molecule is CCCOc1cc(C=C(c2nc3ccccc3[nH]2)S(=O)(=O)c2ccccc2)ccc1OC. The van der Waals surface area contributed by atoms with Gasteiger partial charge in [-0.05, 0) is 54.5 Å². The molecule has 0 aliphatic heterocycles. The molecule has 0 atom stereocenters. The lowest BCUT2D eigenvalue weighted by atomic mass is 10.2. The number of H-pyrrole nitrogens is 1. The molecule has 0 aliphatic rings. The van der Waals surface area contributed by atoms with Crippen LogP contribution < -0.4 is 9.47 Å². The Morgan fingerprint density at radius 2 is 1.75 bits per heavy atom. The fourth-order valence-electron chi connectivity index (χ4n) is 3.33. The molecular weight excluding hydrogens is 424 g/mol. The summed E-state index contributed by atoms with van der Waals surface area (Å²) in [6.45, 7) is 2.55. The van der Waals surface area contributed by atoms with Crippen molar-refractivity contribution < 1.29 is 17.9 Å². The third-order valence-corrected chi connectivity index (χ3v) is 6.70. The maximum atomic E-state index is 13.6. The number of aromatic amines is 1. The highest BCUT2D eigenvalue weighted by molar-refractivity contribution is 8.00. The van der Waals surface area contributed by atoms with Crippen LogP contribution in [0.5, 0.6) is 11.5 Å². The van der Waals surface area contributed by atoms with Crippen LogP contribution in [0.1, 0.15) is 24.7 Å². The summed E-state index contributed by atoms with van der Waals surface area (Å²) in [5, 5.41) is 0. The summed E-state index contributed by atoms with van der Waals surface area (Å²) in [5.41, 5.74) is 2.11. The summed E-state index contributed by atoms with van der Waals surface area (Å²) in [6.07, 6.45) is 2.45. The molecule has 0 unspecified atom stereocenters. The van der Waals surface area contributed by atoms with E-state index in [4.69, 9.17) is 9.47 Å². The molecule has 1 N–H and O–H groups in total. The lowest BCUT2D eigenvalue weighted by Gasteiger charge is -2.12. The first kappa shape index (κ1) is 21.6. The average Bonchev–Trinajstić information content (AvgIpc) is 3.25. The Morgan fingerprint density at radius 1 is 1.00 bits per heavy atom. The Kier molecular flexibility index (Phi) is 6.28. The predicted molar refractivity (Wildman–Crippen MR) is 126 cm³/mol. The Labute approximate surface area is 187 Å². The number of hydrogen-bond acceptors (Lipinski definition) is 5. The summed E-state index contributed by atoms with van der Waals surface area (Å²) < 4.78 is 38.4. The average molecular weight is 449 g/mol. The number of sulfone groups is 1. The number of para-hydroxylation sites is 2. The van der Waals surface area contributed by atoms with E-state index in [1.165, 1.54) is 0 Å². The van der Waals surface area contributed by atoms with Crippen molar-refractivity contribution in [1.82, 2.24) is 9.97 Å². The quantitative estimate of drug-likeness (QED) is 0.394. The monoisotopic (exact) mass is 448 g/mol. The Balaban J connectivity index is 1.89. The van der Waals surface area contributed by atoms with Gasteiger partial charge in [-0.1, -0.05) is 43.3 Å². The van der Waals surface area contributed by atoms with Crippen LogP contribution in [-0.4, -0.2) is 32.1 Å². The topological polar surface area (TPSA) is 81.3 Å². The Morgan fingerprint density at radius 3 is 2.47 bits per heavy atom. The molecule has 164 valence electrons. The van der Waals surface area contributed by atoms with E-state index in [0.29, 0.717) is 29.2 Å².